The van der Waals surface area contributed by atoms with Crippen LogP contribution in [0.3, 0.4) is 0 Å². The molecule has 6 heteroatoms. The Kier molecular flexibility index (Phi) is 3.36. The van der Waals surface area contributed by atoms with Crippen LogP contribution in [0.25, 0.3) is 0 Å². The SMILES string of the molecule is NCC1NC(Cl)NC(Cl)C1N. The predicted octanol–water partition coefficient (Wildman–Crippen LogP) is -1.08. The van der Waals surface area contributed by atoms with Gasteiger partial charge in [-0.1, -0.05) is 11.6 Å². The highest BCUT2D eigenvalue weighted by Crippen LogP contribution is 2.09. The molecule has 1 fully saturated rings. The molecule has 4 nitrogen and oxygen atoms in total. The molecule has 4 atom stereocenters. The summed E-state index contributed by atoms with van der Waals surface area (Å²) in [5.41, 5.74) is 10.5. The first-order valence-electron chi connectivity index (χ1n) is 3.41. The summed E-state index contributed by atoms with van der Waals surface area (Å²) in [7, 11) is 0. The minimum Gasteiger partial charge on any atom is -0.329 e. The van der Waals surface area contributed by atoms with Crippen LogP contribution in [-0.4, -0.2) is 29.8 Å². The summed E-state index contributed by atoms with van der Waals surface area (Å²) in [5.74, 6) is 0. The minimum absolute atomic E-state index is 0.0127. The van der Waals surface area contributed by atoms with Gasteiger partial charge in [0.2, 0.25) is 0 Å². The average Bonchev–Trinajstić information content (AvgIpc) is 1.96. The topological polar surface area (TPSA) is 76.1 Å². The molecule has 0 spiro atoms. The molecule has 11 heavy (non-hydrogen) atoms. The zero-order valence-corrected chi connectivity index (χ0v) is 7.44. The van der Waals surface area contributed by atoms with Gasteiger partial charge in [-0.15, -0.1) is 11.6 Å². The highest BCUT2D eigenvalue weighted by molar-refractivity contribution is 6.23. The van der Waals surface area contributed by atoms with Crippen LogP contribution in [0.1, 0.15) is 0 Å². The van der Waals surface area contributed by atoms with Gasteiger partial charge in [0.1, 0.15) is 11.1 Å². The molecular formula is C5H12Cl2N4. The van der Waals surface area contributed by atoms with Gasteiger partial charge in [-0.2, -0.15) is 0 Å². The zero-order chi connectivity index (χ0) is 8.43. The summed E-state index contributed by atoms with van der Waals surface area (Å²) >= 11 is 11.6. The third-order valence-electron chi connectivity index (χ3n) is 1.72. The number of nitrogens with one attached hydrogen (secondary N) is 2. The first-order valence-corrected chi connectivity index (χ1v) is 4.28. The molecule has 0 saturated carbocycles. The lowest BCUT2D eigenvalue weighted by Crippen LogP contribution is -2.67. The van der Waals surface area contributed by atoms with Gasteiger partial charge in [0.05, 0.1) is 6.04 Å². The summed E-state index contributed by atoms with van der Waals surface area (Å²) in [5, 5.41) is 5.80. The molecule has 1 saturated heterocycles. The molecule has 0 aromatic rings. The fourth-order valence-electron chi connectivity index (χ4n) is 1.03. The number of rotatable bonds is 1. The van der Waals surface area contributed by atoms with Gasteiger partial charge in [-0.3, -0.25) is 10.6 Å². The van der Waals surface area contributed by atoms with Crippen molar-refractivity contribution >= 4 is 23.2 Å². The molecule has 0 amide bonds. The first kappa shape index (κ1) is 9.51. The van der Waals surface area contributed by atoms with Crippen molar-refractivity contribution in [3.8, 4) is 0 Å². The molecule has 0 aromatic heterocycles. The lowest BCUT2D eigenvalue weighted by molar-refractivity contribution is 0.304. The molecule has 1 rings (SSSR count). The van der Waals surface area contributed by atoms with Crippen LogP contribution in [0.15, 0.2) is 0 Å². The van der Waals surface area contributed by atoms with E-state index in [2.05, 4.69) is 10.6 Å². The Morgan fingerprint density at radius 3 is 2.45 bits per heavy atom. The minimum atomic E-state index is -0.342. The van der Waals surface area contributed by atoms with Crippen molar-refractivity contribution in [3.05, 3.63) is 0 Å². The van der Waals surface area contributed by atoms with Gasteiger partial charge < -0.3 is 11.5 Å². The van der Waals surface area contributed by atoms with E-state index in [1.165, 1.54) is 0 Å². The summed E-state index contributed by atoms with van der Waals surface area (Å²) in [6, 6.07) is -0.210. The molecule has 1 aliphatic rings. The fraction of sp³-hybridized carbons (Fsp3) is 1.00. The third-order valence-corrected chi connectivity index (χ3v) is 2.39. The first-order chi connectivity index (χ1) is 5.15. The molecule has 4 unspecified atom stereocenters. The Bertz CT molecular complexity index is 134. The third kappa shape index (κ3) is 2.18. The van der Waals surface area contributed by atoms with Crippen LogP contribution < -0.4 is 22.1 Å². The van der Waals surface area contributed by atoms with Crippen LogP contribution >= 0.6 is 23.2 Å². The highest BCUT2D eigenvalue weighted by Gasteiger charge is 2.31. The Morgan fingerprint density at radius 2 is 1.91 bits per heavy atom. The Morgan fingerprint density at radius 1 is 1.27 bits per heavy atom. The van der Waals surface area contributed by atoms with Gasteiger partial charge >= 0.3 is 0 Å². The lowest BCUT2D eigenvalue weighted by atomic mass is 10.1. The van der Waals surface area contributed by atoms with E-state index in [9.17, 15) is 0 Å². The van der Waals surface area contributed by atoms with E-state index in [1.54, 1.807) is 0 Å². The van der Waals surface area contributed by atoms with Gasteiger partial charge in [-0.05, 0) is 0 Å². The molecule has 6 N–H and O–H groups in total. The van der Waals surface area contributed by atoms with Crippen molar-refractivity contribution in [2.24, 2.45) is 11.5 Å². The van der Waals surface area contributed by atoms with Crippen molar-refractivity contribution in [2.45, 2.75) is 23.2 Å². The number of halogens is 2. The number of hydrogen-bond donors (Lipinski definition) is 4. The van der Waals surface area contributed by atoms with Crippen LogP contribution in [0.5, 0.6) is 0 Å². The zero-order valence-electron chi connectivity index (χ0n) is 5.93. The lowest BCUT2D eigenvalue weighted by Gasteiger charge is -2.36. The molecule has 0 aromatic carbocycles. The normalized spacial score (nSPS) is 45.8. The summed E-state index contributed by atoms with van der Waals surface area (Å²) < 4.78 is 0. The number of hydrogen-bond acceptors (Lipinski definition) is 4. The Hall–Kier alpha value is 0.420. The highest BCUT2D eigenvalue weighted by atomic mass is 35.5. The van der Waals surface area contributed by atoms with E-state index in [0.29, 0.717) is 6.54 Å². The standard InChI is InChI=1S/C5H12Cl2N4/c6-4-3(9)2(1-8)10-5(7)11-4/h2-5,10-11H,1,8-9H2. The van der Waals surface area contributed by atoms with Gasteiger partial charge in [-0.25, -0.2) is 0 Å². The molecule has 0 radical (unpaired) electrons. The van der Waals surface area contributed by atoms with Crippen molar-refractivity contribution in [1.29, 1.82) is 0 Å². The quantitative estimate of drug-likeness (QED) is 0.320. The second-order valence-electron chi connectivity index (χ2n) is 2.52. The van der Waals surface area contributed by atoms with E-state index < -0.39 is 0 Å². The molecule has 1 heterocycles. The summed E-state index contributed by atoms with van der Waals surface area (Å²) in [6.07, 6.45) is 0. The second kappa shape index (κ2) is 3.89. The van der Waals surface area contributed by atoms with Gasteiger partial charge in [0.15, 0.2) is 0 Å². The second-order valence-corrected chi connectivity index (χ2v) is 3.42. The van der Waals surface area contributed by atoms with E-state index in [0.717, 1.165) is 0 Å². The molecule has 66 valence electrons. The maximum Gasteiger partial charge on any atom is 0.136 e. The molecular weight excluding hydrogens is 187 g/mol. The average molecular weight is 199 g/mol. The smallest absolute Gasteiger partial charge is 0.136 e. The van der Waals surface area contributed by atoms with Gasteiger partial charge in [0.25, 0.3) is 0 Å². The Labute approximate surface area is 75.6 Å². The maximum absolute atomic E-state index is 5.82. The number of alkyl halides is 2. The van der Waals surface area contributed by atoms with Crippen molar-refractivity contribution in [2.75, 3.05) is 6.54 Å². The largest absolute Gasteiger partial charge is 0.329 e. The van der Waals surface area contributed by atoms with Crippen LogP contribution in [-0.2, 0) is 0 Å². The fourth-order valence-corrected chi connectivity index (χ4v) is 1.69. The van der Waals surface area contributed by atoms with E-state index in [-0.39, 0.29) is 23.2 Å². The maximum atomic E-state index is 5.82. The Balaban J connectivity index is 2.51. The van der Waals surface area contributed by atoms with Crippen molar-refractivity contribution < 1.29 is 0 Å². The van der Waals surface area contributed by atoms with Crippen LogP contribution in [0.4, 0.5) is 0 Å². The van der Waals surface area contributed by atoms with E-state index in [1.807, 2.05) is 0 Å². The van der Waals surface area contributed by atoms with E-state index in [4.69, 9.17) is 34.7 Å². The molecule has 0 bridgehead atoms. The monoisotopic (exact) mass is 198 g/mol. The number of nitrogens with two attached hydrogens (primary N) is 2. The molecule has 0 aliphatic carbocycles. The summed E-state index contributed by atoms with van der Waals surface area (Å²) in [6.45, 7) is 0.440. The summed E-state index contributed by atoms with van der Waals surface area (Å²) in [4.78, 5) is 0. The van der Waals surface area contributed by atoms with Crippen molar-refractivity contribution in [1.82, 2.24) is 10.6 Å². The van der Waals surface area contributed by atoms with Crippen LogP contribution in [0, 0.1) is 0 Å². The van der Waals surface area contributed by atoms with E-state index >= 15 is 0 Å². The van der Waals surface area contributed by atoms with Crippen molar-refractivity contribution in [3.63, 3.8) is 0 Å². The molecule has 1 aliphatic heterocycles. The van der Waals surface area contributed by atoms with Gasteiger partial charge in [0, 0.05) is 12.6 Å². The predicted molar refractivity (Wildman–Crippen MR) is 46.4 cm³/mol. The van der Waals surface area contributed by atoms with Crippen LogP contribution in [0.2, 0.25) is 0 Å².